The quantitative estimate of drug-likeness (QED) is 0.835. The standard InChI is InChI=1S/C14H23NO3/c1-3-14(4-2)5-7-15(8-6-14)12(16)10-9-11(10)13(17)18/h10-11H,3-9H2,1-2H3,(H,17,18)/t10-,11+/m1/s1. The van der Waals surface area contributed by atoms with E-state index < -0.39 is 11.9 Å². The van der Waals surface area contributed by atoms with E-state index in [1.807, 2.05) is 4.90 Å². The van der Waals surface area contributed by atoms with Gasteiger partial charge < -0.3 is 10.0 Å². The Balaban J connectivity index is 1.87. The molecular weight excluding hydrogens is 230 g/mol. The van der Waals surface area contributed by atoms with E-state index in [9.17, 15) is 9.59 Å². The van der Waals surface area contributed by atoms with Crippen molar-refractivity contribution in [1.29, 1.82) is 0 Å². The van der Waals surface area contributed by atoms with E-state index in [4.69, 9.17) is 5.11 Å². The molecule has 102 valence electrons. The molecule has 4 heteroatoms. The van der Waals surface area contributed by atoms with Crippen LogP contribution in [0.3, 0.4) is 0 Å². The number of carboxylic acids is 1. The van der Waals surface area contributed by atoms with E-state index in [-0.39, 0.29) is 11.8 Å². The predicted octanol–water partition coefficient (Wildman–Crippen LogP) is 2.14. The zero-order valence-corrected chi connectivity index (χ0v) is 11.3. The average Bonchev–Trinajstić information content (AvgIpc) is 3.18. The molecule has 2 atom stereocenters. The van der Waals surface area contributed by atoms with Crippen molar-refractivity contribution in [2.45, 2.75) is 46.0 Å². The van der Waals surface area contributed by atoms with E-state index in [2.05, 4.69) is 13.8 Å². The molecule has 1 amide bonds. The molecule has 1 aliphatic heterocycles. The van der Waals surface area contributed by atoms with Crippen LogP contribution in [-0.2, 0) is 9.59 Å². The summed E-state index contributed by atoms with van der Waals surface area (Å²) in [6.45, 7) is 6.07. The summed E-state index contributed by atoms with van der Waals surface area (Å²) < 4.78 is 0. The Labute approximate surface area is 108 Å². The maximum atomic E-state index is 12.1. The molecule has 0 aromatic rings. The van der Waals surface area contributed by atoms with Crippen LogP contribution >= 0.6 is 0 Å². The van der Waals surface area contributed by atoms with Gasteiger partial charge in [-0.05, 0) is 24.7 Å². The summed E-state index contributed by atoms with van der Waals surface area (Å²) in [7, 11) is 0. The summed E-state index contributed by atoms with van der Waals surface area (Å²) in [6.07, 6.45) is 5.02. The normalized spacial score (nSPS) is 30.0. The second-order valence-electron chi connectivity index (χ2n) is 5.82. The van der Waals surface area contributed by atoms with Crippen molar-refractivity contribution < 1.29 is 14.7 Å². The third-order valence-electron chi connectivity index (χ3n) is 5.06. The maximum Gasteiger partial charge on any atom is 0.307 e. The monoisotopic (exact) mass is 253 g/mol. The molecule has 2 rings (SSSR count). The van der Waals surface area contributed by atoms with Crippen molar-refractivity contribution in [3.8, 4) is 0 Å². The number of amides is 1. The summed E-state index contributed by atoms with van der Waals surface area (Å²) in [6, 6.07) is 0. The fraction of sp³-hybridized carbons (Fsp3) is 0.857. The largest absolute Gasteiger partial charge is 0.481 e. The second-order valence-corrected chi connectivity index (χ2v) is 5.82. The first-order chi connectivity index (χ1) is 8.53. The summed E-state index contributed by atoms with van der Waals surface area (Å²) >= 11 is 0. The first-order valence-corrected chi connectivity index (χ1v) is 7.04. The van der Waals surface area contributed by atoms with Gasteiger partial charge in [0.1, 0.15) is 0 Å². The minimum absolute atomic E-state index is 0.0724. The molecule has 0 radical (unpaired) electrons. The lowest BCUT2D eigenvalue weighted by molar-refractivity contribution is -0.142. The fourth-order valence-electron chi connectivity index (χ4n) is 3.13. The van der Waals surface area contributed by atoms with Crippen molar-refractivity contribution in [3.05, 3.63) is 0 Å². The lowest BCUT2D eigenvalue weighted by Crippen LogP contribution is -2.43. The topological polar surface area (TPSA) is 57.6 Å². The van der Waals surface area contributed by atoms with E-state index in [0.717, 1.165) is 25.9 Å². The van der Waals surface area contributed by atoms with Gasteiger partial charge in [0.05, 0.1) is 11.8 Å². The fourth-order valence-corrected chi connectivity index (χ4v) is 3.13. The minimum Gasteiger partial charge on any atom is -0.481 e. The molecule has 2 aliphatic rings. The number of carbonyl (C=O) groups excluding carboxylic acids is 1. The number of likely N-dealkylation sites (tertiary alicyclic amines) is 1. The zero-order valence-electron chi connectivity index (χ0n) is 11.3. The molecule has 0 aromatic heterocycles. The molecule has 0 aromatic carbocycles. The molecule has 18 heavy (non-hydrogen) atoms. The SMILES string of the molecule is CCC1(CC)CCN(C(=O)[C@@H]2C[C@@H]2C(=O)O)CC1. The molecule has 0 spiro atoms. The summed E-state index contributed by atoms with van der Waals surface area (Å²) in [5.41, 5.74) is 0.409. The number of nitrogens with zero attached hydrogens (tertiary/aromatic N) is 1. The van der Waals surface area contributed by atoms with Gasteiger partial charge in [-0.25, -0.2) is 0 Å². The summed E-state index contributed by atoms with van der Waals surface area (Å²) in [4.78, 5) is 24.8. The Morgan fingerprint density at radius 1 is 1.17 bits per heavy atom. The van der Waals surface area contributed by atoms with Crippen molar-refractivity contribution in [2.24, 2.45) is 17.3 Å². The first kappa shape index (κ1) is 13.4. The number of aliphatic carboxylic acids is 1. The summed E-state index contributed by atoms with van der Waals surface area (Å²) in [5.74, 6) is -1.40. The predicted molar refractivity (Wildman–Crippen MR) is 68.1 cm³/mol. The van der Waals surface area contributed by atoms with Crippen molar-refractivity contribution in [1.82, 2.24) is 4.90 Å². The highest BCUT2D eigenvalue weighted by Crippen LogP contribution is 2.43. The Morgan fingerprint density at radius 3 is 2.11 bits per heavy atom. The smallest absolute Gasteiger partial charge is 0.307 e. The van der Waals surface area contributed by atoms with Crippen molar-refractivity contribution in [3.63, 3.8) is 0 Å². The van der Waals surface area contributed by atoms with Gasteiger partial charge in [-0.3, -0.25) is 9.59 Å². The number of carbonyl (C=O) groups is 2. The van der Waals surface area contributed by atoms with Crippen LogP contribution in [0.25, 0.3) is 0 Å². The molecule has 1 saturated heterocycles. The Bertz CT molecular complexity index is 339. The molecule has 1 saturated carbocycles. The van der Waals surface area contributed by atoms with Crippen LogP contribution in [-0.4, -0.2) is 35.0 Å². The van der Waals surface area contributed by atoms with E-state index >= 15 is 0 Å². The van der Waals surface area contributed by atoms with E-state index in [0.29, 0.717) is 11.8 Å². The lowest BCUT2D eigenvalue weighted by Gasteiger charge is -2.41. The maximum absolute atomic E-state index is 12.1. The Kier molecular flexibility index (Phi) is 3.64. The van der Waals surface area contributed by atoms with E-state index in [1.54, 1.807) is 0 Å². The Morgan fingerprint density at radius 2 is 1.72 bits per heavy atom. The van der Waals surface area contributed by atoms with Crippen molar-refractivity contribution >= 4 is 11.9 Å². The molecule has 1 N–H and O–H groups in total. The number of hydrogen-bond acceptors (Lipinski definition) is 2. The molecule has 0 bridgehead atoms. The van der Waals surface area contributed by atoms with Crippen LogP contribution in [0, 0.1) is 17.3 Å². The van der Waals surface area contributed by atoms with Gasteiger partial charge in [-0.1, -0.05) is 26.7 Å². The number of piperidine rings is 1. The molecular formula is C14H23NO3. The molecule has 0 unspecified atom stereocenters. The second kappa shape index (κ2) is 4.90. The highest BCUT2D eigenvalue weighted by atomic mass is 16.4. The Hall–Kier alpha value is -1.06. The molecule has 1 heterocycles. The van der Waals surface area contributed by atoms with Crippen LogP contribution < -0.4 is 0 Å². The van der Waals surface area contributed by atoms with Crippen LogP contribution in [0.5, 0.6) is 0 Å². The minimum atomic E-state index is -0.818. The van der Waals surface area contributed by atoms with Gasteiger partial charge in [0.15, 0.2) is 0 Å². The van der Waals surface area contributed by atoms with Gasteiger partial charge in [-0.15, -0.1) is 0 Å². The van der Waals surface area contributed by atoms with Gasteiger partial charge in [-0.2, -0.15) is 0 Å². The molecule has 1 aliphatic carbocycles. The van der Waals surface area contributed by atoms with Crippen LogP contribution in [0.2, 0.25) is 0 Å². The molecule has 2 fully saturated rings. The van der Waals surface area contributed by atoms with Gasteiger partial charge in [0.2, 0.25) is 5.91 Å². The number of rotatable bonds is 4. The van der Waals surface area contributed by atoms with Gasteiger partial charge in [0, 0.05) is 13.1 Å². The van der Waals surface area contributed by atoms with Crippen molar-refractivity contribution in [2.75, 3.05) is 13.1 Å². The van der Waals surface area contributed by atoms with Crippen LogP contribution in [0.15, 0.2) is 0 Å². The van der Waals surface area contributed by atoms with Crippen LogP contribution in [0.1, 0.15) is 46.0 Å². The third-order valence-corrected chi connectivity index (χ3v) is 5.06. The highest BCUT2D eigenvalue weighted by molar-refractivity contribution is 5.89. The highest BCUT2D eigenvalue weighted by Gasteiger charge is 2.50. The van der Waals surface area contributed by atoms with Gasteiger partial charge >= 0.3 is 5.97 Å². The van der Waals surface area contributed by atoms with Gasteiger partial charge in [0.25, 0.3) is 0 Å². The summed E-state index contributed by atoms with van der Waals surface area (Å²) in [5, 5.41) is 8.86. The average molecular weight is 253 g/mol. The lowest BCUT2D eigenvalue weighted by atomic mass is 9.74. The molecule has 4 nitrogen and oxygen atoms in total. The van der Waals surface area contributed by atoms with Crippen LogP contribution in [0.4, 0.5) is 0 Å². The number of hydrogen-bond donors (Lipinski definition) is 1. The first-order valence-electron chi connectivity index (χ1n) is 7.04. The van der Waals surface area contributed by atoms with E-state index in [1.165, 1.54) is 12.8 Å². The number of carboxylic acid groups (broad SMARTS) is 1. The zero-order chi connectivity index (χ0) is 13.3. The third kappa shape index (κ3) is 2.38.